The Hall–Kier alpha value is -1.27. The average Bonchev–Trinajstić information content (AvgIpc) is 2.68. The highest BCUT2D eigenvalue weighted by atomic mass is 35.5. The molecule has 3 nitrogen and oxygen atoms in total. The van der Waals surface area contributed by atoms with Crippen molar-refractivity contribution in [3.8, 4) is 0 Å². The monoisotopic (exact) mass is 320 g/mol. The van der Waals surface area contributed by atoms with Crippen LogP contribution in [0.25, 0.3) is 0 Å². The molecule has 2 N–H and O–H groups in total. The molecule has 0 spiro atoms. The summed E-state index contributed by atoms with van der Waals surface area (Å²) in [5.74, 6) is -0.476. The maximum absolute atomic E-state index is 13.0. The van der Waals surface area contributed by atoms with Gasteiger partial charge < -0.3 is 10.6 Å². The third kappa shape index (κ3) is 4.11. The first-order valence-electron chi connectivity index (χ1n) is 6.79. The van der Waals surface area contributed by atoms with Crippen LogP contribution >= 0.6 is 11.6 Å². The van der Waals surface area contributed by atoms with Gasteiger partial charge in [0.05, 0.1) is 22.3 Å². The Morgan fingerprint density at radius 1 is 1.29 bits per heavy atom. The van der Waals surface area contributed by atoms with Gasteiger partial charge in [-0.05, 0) is 31.5 Å². The van der Waals surface area contributed by atoms with Crippen molar-refractivity contribution in [2.24, 2.45) is 0 Å². The second-order valence-electron chi connectivity index (χ2n) is 5.01. The molecule has 1 atom stereocenters. The summed E-state index contributed by atoms with van der Waals surface area (Å²) in [6, 6.07) is 2.96. The molecule has 1 aliphatic heterocycles. The lowest BCUT2D eigenvalue weighted by Gasteiger charge is -2.19. The minimum absolute atomic E-state index is 0.119. The van der Waals surface area contributed by atoms with Crippen molar-refractivity contribution in [1.82, 2.24) is 5.32 Å². The summed E-state index contributed by atoms with van der Waals surface area (Å²) in [5, 5.41) is 5.25. The van der Waals surface area contributed by atoms with E-state index in [0.29, 0.717) is 13.0 Å². The number of halogens is 4. The second-order valence-corrected chi connectivity index (χ2v) is 5.41. The number of rotatable bonds is 2. The van der Waals surface area contributed by atoms with E-state index in [2.05, 4.69) is 10.6 Å². The minimum Gasteiger partial charge on any atom is -0.323 e. The molecular weight excluding hydrogens is 305 g/mol. The Morgan fingerprint density at radius 2 is 2.05 bits per heavy atom. The zero-order chi connectivity index (χ0) is 15.5. The molecule has 1 aromatic carbocycles. The van der Waals surface area contributed by atoms with Gasteiger partial charge in [-0.15, -0.1) is 0 Å². The summed E-state index contributed by atoms with van der Waals surface area (Å²) < 4.78 is 38.9. The second kappa shape index (κ2) is 6.66. The largest absolute Gasteiger partial charge is 0.418 e. The maximum atomic E-state index is 13.0. The van der Waals surface area contributed by atoms with Gasteiger partial charge in [-0.2, -0.15) is 13.2 Å². The van der Waals surface area contributed by atoms with E-state index in [-0.39, 0.29) is 10.7 Å². The summed E-state index contributed by atoms with van der Waals surface area (Å²) in [7, 11) is 0. The molecule has 0 aliphatic carbocycles. The number of alkyl halides is 3. The predicted octanol–water partition coefficient (Wildman–Crippen LogP) is 3.83. The topological polar surface area (TPSA) is 41.1 Å². The van der Waals surface area contributed by atoms with Crippen molar-refractivity contribution < 1.29 is 18.0 Å². The van der Waals surface area contributed by atoms with E-state index in [0.717, 1.165) is 25.3 Å². The lowest BCUT2D eigenvalue weighted by Crippen LogP contribution is -2.40. The third-order valence-corrected chi connectivity index (χ3v) is 3.76. The quantitative estimate of drug-likeness (QED) is 0.869. The first-order valence-corrected chi connectivity index (χ1v) is 7.17. The van der Waals surface area contributed by atoms with Crippen molar-refractivity contribution in [1.29, 1.82) is 0 Å². The van der Waals surface area contributed by atoms with Crippen LogP contribution in [-0.4, -0.2) is 18.5 Å². The number of para-hydroxylation sites is 1. The van der Waals surface area contributed by atoms with E-state index in [9.17, 15) is 18.0 Å². The van der Waals surface area contributed by atoms with E-state index in [1.54, 1.807) is 0 Å². The van der Waals surface area contributed by atoms with E-state index in [1.807, 2.05) is 0 Å². The van der Waals surface area contributed by atoms with Crippen LogP contribution in [0.4, 0.5) is 18.9 Å². The van der Waals surface area contributed by atoms with Gasteiger partial charge >= 0.3 is 6.18 Å². The smallest absolute Gasteiger partial charge is 0.323 e. The molecule has 1 fully saturated rings. The summed E-state index contributed by atoms with van der Waals surface area (Å²) in [6.45, 7) is 0.687. The van der Waals surface area contributed by atoms with Crippen LogP contribution in [0.15, 0.2) is 18.2 Å². The molecule has 116 valence electrons. The molecule has 0 saturated carbocycles. The number of hydrogen-bond donors (Lipinski definition) is 2. The molecule has 1 aromatic rings. The number of carbonyl (C=O) groups excluding carboxylic acids is 1. The minimum atomic E-state index is -4.57. The molecule has 1 aliphatic rings. The van der Waals surface area contributed by atoms with Gasteiger partial charge in [-0.3, -0.25) is 4.79 Å². The Labute approximate surface area is 125 Å². The molecule has 0 aromatic heterocycles. The zero-order valence-corrected chi connectivity index (χ0v) is 12.0. The standard InChI is InChI=1S/C14H16ClF3N2O/c15-10-6-4-5-9(14(16,17)18)12(10)20-13(21)11-7-2-1-3-8-19-11/h4-6,11,19H,1-3,7-8H2,(H,20,21). The lowest BCUT2D eigenvalue weighted by molar-refractivity contribution is -0.137. The number of benzene rings is 1. The van der Waals surface area contributed by atoms with Gasteiger partial charge in [0.15, 0.2) is 0 Å². The molecule has 1 unspecified atom stereocenters. The zero-order valence-electron chi connectivity index (χ0n) is 11.3. The van der Waals surface area contributed by atoms with Gasteiger partial charge in [-0.25, -0.2) is 0 Å². The lowest BCUT2D eigenvalue weighted by atomic mass is 10.1. The summed E-state index contributed by atoms with van der Waals surface area (Å²) in [6.07, 6.45) is -1.11. The number of nitrogens with one attached hydrogen (secondary N) is 2. The highest BCUT2D eigenvalue weighted by Crippen LogP contribution is 2.38. The van der Waals surface area contributed by atoms with Gasteiger partial charge in [-0.1, -0.05) is 30.5 Å². The summed E-state index contributed by atoms with van der Waals surface area (Å²) in [4.78, 5) is 12.2. The third-order valence-electron chi connectivity index (χ3n) is 3.44. The van der Waals surface area contributed by atoms with Crippen LogP contribution < -0.4 is 10.6 Å². The van der Waals surface area contributed by atoms with E-state index in [1.165, 1.54) is 12.1 Å². The average molecular weight is 321 g/mol. The van der Waals surface area contributed by atoms with E-state index in [4.69, 9.17) is 11.6 Å². The maximum Gasteiger partial charge on any atom is 0.418 e. The van der Waals surface area contributed by atoms with Gasteiger partial charge in [0, 0.05) is 0 Å². The van der Waals surface area contributed by atoms with Crippen molar-refractivity contribution >= 4 is 23.2 Å². The summed E-state index contributed by atoms with van der Waals surface area (Å²) in [5.41, 5.74) is -1.31. The molecule has 1 saturated heterocycles. The van der Waals surface area contributed by atoms with Crippen LogP contribution in [0.1, 0.15) is 31.2 Å². The van der Waals surface area contributed by atoms with Crippen molar-refractivity contribution in [2.45, 2.75) is 37.9 Å². The first-order chi connectivity index (χ1) is 9.89. The Kier molecular flexibility index (Phi) is 5.11. The van der Waals surface area contributed by atoms with Crippen molar-refractivity contribution in [3.05, 3.63) is 28.8 Å². The predicted molar refractivity (Wildman–Crippen MR) is 75.3 cm³/mol. The van der Waals surface area contributed by atoms with Gasteiger partial charge in [0.25, 0.3) is 0 Å². The number of anilines is 1. The Morgan fingerprint density at radius 3 is 2.76 bits per heavy atom. The van der Waals surface area contributed by atoms with Gasteiger partial charge in [0.1, 0.15) is 0 Å². The fourth-order valence-electron chi connectivity index (χ4n) is 2.35. The first kappa shape index (κ1) is 16.1. The molecule has 1 amide bonds. The van der Waals surface area contributed by atoms with Crippen LogP contribution in [0, 0.1) is 0 Å². The molecule has 0 bridgehead atoms. The fraction of sp³-hybridized carbons (Fsp3) is 0.500. The normalized spacial score (nSPS) is 19.9. The van der Waals surface area contributed by atoms with Crippen LogP contribution in [0.5, 0.6) is 0 Å². The van der Waals surface area contributed by atoms with Crippen LogP contribution in [0.3, 0.4) is 0 Å². The Balaban J connectivity index is 2.20. The summed E-state index contributed by atoms with van der Waals surface area (Å²) >= 11 is 5.82. The Bertz CT molecular complexity index is 511. The molecule has 0 radical (unpaired) electrons. The van der Waals surface area contributed by atoms with E-state index >= 15 is 0 Å². The van der Waals surface area contributed by atoms with Crippen LogP contribution in [-0.2, 0) is 11.0 Å². The van der Waals surface area contributed by atoms with Crippen LogP contribution in [0.2, 0.25) is 5.02 Å². The van der Waals surface area contributed by atoms with Gasteiger partial charge in [0.2, 0.25) is 5.91 Å². The molecule has 2 rings (SSSR count). The fourth-order valence-corrected chi connectivity index (χ4v) is 2.57. The van der Waals surface area contributed by atoms with Crippen molar-refractivity contribution in [3.63, 3.8) is 0 Å². The number of hydrogen-bond acceptors (Lipinski definition) is 2. The molecule has 7 heteroatoms. The van der Waals surface area contributed by atoms with Crippen molar-refractivity contribution in [2.75, 3.05) is 11.9 Å². The highest BCUT2D eigenvalue weighted by molar-refractivity contribution is 6.34. The molecular formula is C14H16ClF3N2O. The SMILES string of the molecule is O=C(Nc1c(Cl)cccc1C(F)(F)F)C1CCCCCN1. The number of carbonyl (C=O) groups is 1. The highest BCUT2D eigenvalue weighted by Gasteiger charge is 2.35. The molecule has 21 heavy (non-hydrogen) atoms. The number of amides is 1. The van der Waals surface area contributed by atoms with E-state index < -0.39 is 23.7 Å². The molecule has 1 heterocycles.